The van der Waals surface area contributed by atoms with Crippen LogP contribution in [-0.2, 0) is 7.05 Å². The van der Waals surface area contributed by atoms with E-state index in [0.29, 0.717) is 4.47 Å². The van der Waals surface area contributed by atoms with Gasteiger partial charge < -0.3 is 5.32 Å². The first kappa shape index (κ1) is 14.7. The molecule has 0 atom stereocenters. The molecule has 0 aliphatic carbocycles. The summed E-state index contributed by atoms with van der Waals surface area (Å²) in [6.07, 6.45) is 1.46. The zero-order chi connectivity index (χ0) is 15.6. The lowest BCUT2D eigenvalue weighted by atomic mass is 10.2. The molecule has 9 heteroatoms. The van der Waals surface area contributed by atoms with Gasteiger partial charge in [-0.25, -0.2) is 0 Å². The van der Waals surface area contributed by atoms with E-state index in [9.17, 15) is 14.9 Å². The minimum absolute atomic E-state index is 0.0885. The number of benzene rings is 1. The van der Waals surface area contributed by atoms with E-state index < -0.39 is 10.8 Å². The number of nitrogens with one attached hydrogen (secondary N) is 1. The molecule has 21 heavy (non-hydrogen) atoms. The van der Waals surface area contributed by atoms with Gasteiger partial charge in [-0.3, -0.25) is 19.6 Å². The summed E-state index contributed by atoms with van der Waals surface area (Å²) >= 11 is 3.11. The Hall–Kier alpha value is -2.73. The number of nitriles is 1. The van der Waals surface area contributed by atoms with E-state index in [0.717, 1.165) is 6.07 Å². The lowest BCUT2D eigenvalue weighted by molar-refractivity contribution is -0.384. The van der Waals surface area contributed by atoms with Crippen LogP contribution < -0.4 is 5.32 Å². The molecule has 1 heterocycles. The summed E-state index contributed by atoms with van der Waals surface area (Å²) in [6, 6.07) is 5.78. The van der Waals surface area contributed by atoms with Gasteiger partial charge in [-0.1, -0.05) is 15.9 Å². The molecular weight excluding hydrogens is 342 g/mol. The molecule has 0 aliphatic heterocycles. The van der Waals surface area contributed by atoms with Gasteiger partial charge in [0.1, 0.15) is 11.6 Å². The van der Waals surface area contributed by atoms with Crippen LogP contribution in [0.15, 0.2) is 28.9 Å². The third-order valence-electron chi connectivity index (χ3n) is 2.54. The number of carbonyl (C=O) groups excluding carboxylic acids is 1. The largest absolute Gasteiger partial charge is 0.304 e. The number of hydrogen-bond acceptors (Lipinski definition) is 5. The number of nitro benzene ring substituents is 1. The summed E-state index contributed by atoms with van der Waals surface area (Å²) in [5, 5.41) is 26.1. The summed E-state index contributed by atoms with van der Waals surface area (Å²) in [5.74, 6) is -0.484. The van der Waals surface area contributed by atoms with Crippen molar-refractivity contribution in [3.8, 4) is 6.07 Å². The van der Waals surface area contributed by atoms with Crippen LogP contribution in [0.3, 0.4) is 0 Å². The van der Waals surface area contributed by atoms with E-state index in [2.05, 4.69) is 26.3 Å². The van der Waals surface area contributed by atoms with Gasteiger partial charge in [-0.05, 0) is 6.07 Å². The highest BCUT2D eigenvalue weighted by Crippen LogP contribution is 2.22. The van der Waals surface area contributed by atoms with Gasteiger partial charge in [0.05, 0.1) is 4.92 Å². The van der Waals surface area contributed by atoms with E-state index in [1.807, 2.05) is 6.07 Å². The van der Waals surface area contributed by atoms with Crippen molar-refractivity contribution in [2.45, 2.75) is 0 Å². The Morgan fingerprint density at radius 1 is 1.52 bits per heavy atom. The highest BCUT2D eigenvalue weighted by molar-refractivity contribution is 9.10. The van der Waals surface area contributed by atoms with Crippen molar-refractivity contribution < 1.29 is 9.72 Å². The molecule has 0 aliphatic rings. The van der Waals surface area contributed by atoms with E-state index in [1.54, 1.807) is 7.05 Å². The van der Waals surface area contributed by atoms with E-state index >= 15 is 0 Å². The van der Waals surface area contributed by atoms with Crippen molar-refractivity contribution in [1.82, 2.24) is 9.78 Å². The summed E-state index contributed by atoms with van der Waals surface area (Å²) < 4.78 is 1.79. The maximum atomic E-state index is 12.1. The van der Waals surface area contributed by atoms with Crippen molar-refractivity contribution in [3.05, 3.63) is 50.1 Å². The number of halogens is 1. The molecule has 106 valence electrons. The van der Waals surface area contributed by atoms with E-state index in [4.69, 9.17) is 5.26 Å². The Morgan fingerprint density at radius 2 is 2.24 bits per heavy atom. The van der Waals surface area contributed by atoms with Crippen LogP contribution >= 0.6 is 15.9 Å². The zero-order valence-electron chi connectivity index (χ0n) is 10.7. The van der Waals surface area contributed by atoms with Crippen molar-refractivity contribution in [1.29, 1.82) is 5.26 Å². The van der Waals surface area contributed by atoms with Crippen LogP contribution in [0.2, 0.25) is 0 Å². The molecule has 0 spiro atoms. The first-order chi connectivity index (χ1) is 9.90. The molecule has 1 N–H and O–H groups in total. The van der Waals surface area contributed by atoms with Gasteiger partial charge in [0.2, 0.25) is 0 Å². The van der Waals surface area contributed by atoms with Crippen molar-refractivity contribution in [2.24, 2.45) is 7.05 Å². The fourth-order valence-electron chi connectivity index (χ4n) is 1.65. The number of non-ortho nitro benzene ring substituents is 1. The highest BCUT2D eigenvalue weighted by atomic mass is 79.9. The molecule has 8 nitrogen and oxygen atoms in total. The minimum atomic E-state index is -0.594. The van der Waals surface area contributed by atoms with Crippen LogP contribution in [-0.4, -0.2) is 20.6 Å². The summed E-state index contributed by atoms with van der Waals surface area (Å²) in [4.78, 5) is 22.3. The Labute approximate surface area is 127 Å². The molecule has 2 aromatic rings. The maximum Gasteiger partial charge on any atom is 0.271 e. The van der Waals surface area contributed by atoms with Crippen molar-refractivity contribution in [3.63, 3.8) is 0 Å². The first-order valence-electron chi connectivity index (χ1n) is 5.61. The SMILES string of the molecule is Cn1cc(C#N)c(NC(=O)c2cc(Br)cc([N+](=O)[O-])c2)n1. The first-order valence-corrected chi connectivity index (χ1v) is 6.40. The molecule has 0 radical (unpaired) electrons. The molecule has 0 bridgehead atoms. The van der Waals surface area contributed by atoms with Crippen LogP contribution in [0.4, 0.5) is 11.5 Å². The van der Waals surface area contributed by atoms with Gasteiger partial charge in [0.15, 0.2) is 5.82 Å². The maximum absolute atomic E-state index is 12.1. The third kappa shape index (κ3) is 3.24. The number of anilines is 1. The highest BCUT2D eigenvalue weighted by Gasteiger charge is 2.16. The number of aryl methyl sites for hydroxylation is 1. The van der Waals surface area contributed by atoms with Crippen LogP contribution in [0.25, 0.3) is 0 Å². The lowest BCUT2D eigenvalue weighted by Gasteiger charge is -2.03. The summed E-state index contributed by atoms with van der Waals surface area (Å²) in [6.45, 7) is 0. The smallest absolute Gasteiger partial charge is 0.271 e. The molecule has 0 fully saturated rings. The van der Waals surface area contributed by atoms with Crippen molar-refractivity contribution in [2.75, 3.05) is 5.32 Å². The number of hydrogen-bond donors (Lipinski definition) is 1. The van der Waals surface area contributed by atoms with Crippen molar-refractivity contribution >= 4 is 33.3 Å². The predicted molar refractivity (Wildman–Crippen MR) is 76.7 cm³/mol. The molecular formula is C12H8BrN5O3. The van der Waals surface area contributed by atoms with Gasteiger partial charge in [0.25, 0.3) is 11.6 Å². The number of nitrogens with zero attached hydrogens (tertiary/aromatic N) is 4. The topological polar surface area (TPSA) is 114 Å². The Morgan fingerprint density at radius 3 is 2.86 bits per heavy atom. The third-order valence-corrected chi connectivity index (χ3v) is 2.99. The molecule has 0 saturated carbocycles. The average Bonchev–Trinajstić information content (AvgIpc) is 2.77. The van der Waals surface area contributed by atoms with E-state index in [-0.39, 0.29) is 22.6 Å². The van der Waals surface area contributed by atoms with Gasteiger partial charge >= 0.3 is 0 Å². The fraction of sp³-hybridized carbons (Fsp3) is 0.0833. The second-order valence-corrected chi connectivity index (χ2v) is 5.00. The fourth-order valence-corrected chi connectivity index (χ4v) is 2.13. The number of aromatic nitrogens is 2. The Bertz CT molecular complexity index is 778. The molecule has 0 saturated heterocycles. The zero-order valence-corrected chi connectivity index (χ0v) is 12.3. The molecule has 1 aromatic heterocycles. The minimum Gasteiger partial charge on any atom is -0.304 e. The average molecular weight is 350 g/mol. The normalized spacial score (nSPS) is 9.95. The van der Waals surface area contributed by atoms with Gasteiger partial charge in [0, 0.05) is 35.4 Å². The summed E-state index contributed by atoms with van der Waals surface area (Å²) in [7, 11) is 1.61. The lowest BCUT2D eigenvalue weighted by Crippen LogP contribution is -2.13. The van der Waals surface area contributed by atoms with Gasteiger partial charge in [-0.15, -0.1) is 0 Å². The quantitative estimate of drug-likeness (QED) is 0.673. The Balaban J connectivity index is 2.32. The predicted octanol–water partition coefficient (Wildman–Crippen LogP) is 2.21. The summed E-state index contributed by atoms with van der Waals surface area (Å²) in [5.41, 5.74) is 0.0806. The van der Waals surface area contributed by atoms with Crippen LogP contribution in [0.1, 0.15) is 15.9 Å². The monoisotopic (exact) mass is 349 g/mol. The molecule has 0 unspecified atom stereocenters. The molecule has 1 aromatic carbocycles. The van der Waals surface area contributed by atoms with Gasteiger partial charge in [-0.2, -0.15) is 10.4 Å². The molecule has 1 amide bonds. The number of nitro groups is 1. The van der Waals surface area contributed by atoms with E-state index in [1.165, 1.54) is 23.0 Å². The second-order valence-electron chi connectivity index (χ2n) is 4.09. The Kier molecular flexibility index (Phi) is 4.00. The van der Waals surface area contributed by atoms with Crippen LogP contribution in [0.5, 0.6) is 0 Å². The standard InChI is InChI=1S/C12H8BrN5O3/c1-17-6-8(5-14)11(16-17)15-12(19)7-2-9(13)4-10(3-7)18(20)21/h2-4,6H,1H3,(H,15,16,19). The molecule has 2 rings (SSSR count). The van der Waals surface area contributed by atoms with Crippen LogP contribution in [0, 0.1) is 21.4 Å². The number of carbonyl (C=O) groups is 1. The number of rotatable bonds is 3. The second kappa shape index (κ2) is 5.72. The number of amides is 1.